The molecule has 2 rings (SSSR count). The van der Waals surface area contributed by atoms with Gasteiger partial charge in [-0.1, -0.05) is 13.3 Å². The summed E-state index contributed by atoms with van der Waals surface area (Å²) in [5.74, 6) is 1.35. The van der Waals surface area contributed by atoms with E-state index in [2.05, 4.69) is 6.92 Å². The Hall–Kier alpha value is -1.18. The number of benzene rings is 1. The van der Waals surface area contributed by atoms with Crippen LogP contribution in [0.2, 0.25) is 0 Å². The van der Waals surface area contributed by atoms with E-state index in [4.69, 9.17) is 4.74 Å². The van der Waals surface area contributed by atoms with Crippen molar-refractivity contribution in [3.63, 3.8) is 0 Å². The van der Waals surface area contributed by atoms with E-state index in [1.807, 2.05) is 19.1 Å². The maximum atomic E-state index is 9.59. The van der Waals surface area contributed by atoms with E-state index < -0.39 is 0 Å². The van der Waals surface area contributed by atoms with Crippen LogP contribution in [0.3, 0.4) is 0 Å². The van der Waals surface area contributed by atoms with Crippen LogP contribution >= 0.6 is 0 Å². The number of aryl methyl sites for hydroxylation is 2. The van der Waals surface area contributed by atoms with Gasteiger partial charge in [0.2, 0.25) is 0 Å². The number of rotatable bonds is 2. The highest BCUT2D eigenvalue weighted by atomic mass is 16.5. The van der Waals surface area contributed by atoms with Crippen molar-refractivity contribution < 1.29 is 9.84 Å². The van der Waals surface area contributed by atoms with E-state index in [1.165, 1.54) is 0 Å². The second kappa shape index (κ2) is 4.13. The highest BCUT2D eigenvalue weighted by Gasteiger charge is 2.19. The highest BCUT2D eigenvalue weighted by molar-refractivity contribution is 5.46. The summed E-state index contributed by atoms with van der Waals surface area (Å²) in [6.07, 6.45) is 4.75. The molecule has 1 heterocycles. The van der Waals surface area contributed by atoms with Gasteiger partial charge in [-0.05, 0) is 49.4 Å². The molecule has 1 aliphatic heterocycles. The van der Waals surface area contributed by atoms with Crippen LogP contribution in [-0.4, -0.2) is 11.2 Å². The summed E-state index contributed by atoms with van der Waals surface area (Å²) in [5.41, 5.74) is 2.04. The van der Waals surface area contributed by atoms with Crippen molar-refractivity contribution in [2.24, 2.45) is 0 Å². The van der Waals surface area contributed by atoms with Gasteiger partial charge < -0.3 is 9.84 Å². The molecule has 0 saturated heterocycles. The number of fused-ring (bicyclic) bond motifs is 1. The third-order valence-electron chi connectivity index (χ3n) is 3.02. The average Bonchev–Trinajstić information content (AvgIpc) is 2.21. The molecule has 0 saturated carbocycles. The molecule has 2 nitrogen and oxygen atoms in total. The zero-order valence-corrected chi connectivity index (χ0v) is 9.42. The third-order valence-corrected chi connectivity index (χ3v) is 3.02. The molecule has 1 atom stereocenters. The standard InChI is InChI=1S/C13H18O2/c1-3-4-11-6-5-10-8-12(14)9(2)7-13(10)15-11/h7-8,11,14H,3-6H2,1-2H3. The summed E-state index contributed by atoms with van der Waals surface area (Å²) < 4.78 is 5.90. The Kier molecular flexibility index (Phi) is 2.85. The van der Waals surface area contributed by atoms with Gasteiger partial charge in [0.1, 0.15) is 11.5 Å². The molecule has 0 spiro atoms. The molecule has 1 aromatic carbocycles. The Balaban J connectivity index is 2.22. The van der Waals surface area contributed by atoms with Gasteiger partial charge in [0, 0.05) is 0 Å². The van der Waals surface area contributed by atoms with E-state index in [0.717, 1.165) is 42.6 Å². The van der Waals surface area contributed by atoms with Crippen LogP contribution < -0.4 is 4.74 Å². The summed E-state index contributed by atoms with van der Waals surface area (Å²) in [6.45, 7) is 4.09. The first-order valence-corrected chi connectivity index (χ1v) is 5.70. The lowest BCUT2D eigenvalue weighted by atomic mass is 9.98. The Bertz CT molecular complexity index is 358. The maximum absolute atomic E-state index is 9.59. The number of phenolic OH excluding ortho intramolecular Hbond substituents is 1. The minimum atomic E-state index is 0.367. The molecule has 1 unspecified atom stereocenters. The van der Waals surface area contributed by atoms with Crippen molar-refractivity contribution in [3.05, 3.63) is 23.3 Å². The normalized spacial score (nSPS) is 19.5. The Labute approximate surface area is 90.9 Å². The molecule has 15 heavy (non-hydrogen) atoms. The smallest absolute Gasteiger partial charge is 0.123 e. The van der Waals surface area contributed by atoms with Gasteiger partial charge in [0.15, 0.2) is 0 Å². The Morgan fingerprint density at radius 2 is 2.27 bits per heavy atom. The zero-order chi connectivity index (χ0) is 10.8. The molecule has 0 amide bonds. The number of phenols is 1. The van der Waals surface area contributed by atoms with E-state index in [9.17, 15) is 5.11 Å². The van der Waals surface area contributed by atoms with Crippen LogP contribution in [-0.2, 0) is 6.42 Å². The number of hydrogen-bond donors (Lipinski definition) is 1. The largest absolute Gasteiger partial charge is 0.508 e. The first kappa shape index (κ1) is 10.3. The zero-order valence-electron chi connectivity index (χ0n) is 9.42. The second-order valence-electron chi connectivity index (χ2n) is 4.31. The second-order valence-corrected chi connectivity index (χ2v) is 4.31. The number of hydrogen-bond acceptors (Lipinski definition) is 2. The first-order chi connectivity index (χ1) is 7.20. The fourth-order valence-electron chi connectivity index (χ4n) is 2.10. The molecule has 0 fully saturated rings. The van der Waals surface area contributed by atoms with Crippen LogP contribution in [0.4, 0.5) is 0 Å². The average molecular weight is 206 g/mol. The minimum absolute atomic E-state index is 0.367. The molecular formula is C13H18O2. The topological polar surface area (TPSA) is 29.5 Å². The summed E-state index contributed by atoms with van der Waals surface area (Å²) in [6, 6.07) is 3.79. The molecule has 1 aromatic rings. The summed E-state index contributed by atoms with van der Waals surface area (Å²) in [7, 11) is 0. The van der Waals surface area contributed by atoms with Crippen LogP contribution in [0.25, 0.3) is 0 Å². The van der Waals surface area contributed by atoms with Gasteiger partial charge >= 0.3 is 0 Å². The van der Waals surface area contributed by atoms with Crippen molar-refractivity contribution in [1.82, 2.24) is 0 Å². The van der Waals surface area contributed by atoms with Gasteiger partial charge in [-0.2, -0.15) is 0 Å². The van der Waals surface area contributed by atoms with Gasteiger partial charge in [-0.15, -0.1) is 0 Å². The third kappa shape index (κ3) is 2.09. The van der Waals surface area contributed by atoms with Crippen molar-refractivity contribution in [2.45, 2.75) is 45.6 Å². The summed E-state index contributed by atoms with van der Waals surface area (Å²) in [4.78, 5) is 0. The van der Waals surface area contributed by atoms with Crippen LogP contribution in [0.5, 0.6) is 11.5 Å². The predicted molar refractivity (Wildman–Crippen MR) is 60.5 cm³/mol. The molecule has 1 N–H and O–H groups in total. The van der Waals surface area contributed by atoms with Gasteiger partial charge in [-0.25, -0.2) is 0 Å². The Morgan fingerprint density at radius 3 is 3.00 bits per heavy atom. The van der Waals surface area contributed by atoms with Gasteiger partial charge in [-0.3, -0.25) is 0 Å². The summed E-state index contributed by atoms with van der Waals surface area (Å²) in [5, 5.41) is 9.59. The van der Waals surface area contributed by atoms with Crippen molar-refractivity contribution in [3.8, 4) is 11.5 Å². The molecular weight excluding hydrogens is 188 g/mol. The molecule has 0 aromatic heterocycles. The lowest BCUT2D eigenvalue weighted by molar-refractivity contribution is 0.162. The predicted octanol–water partition coefficient (Wildman–Crippen LogP) is 3.19. The van der Waals surface area contributed by atoms with Gasteiger partial charge in [0.05, 0.1) is 6.10 Å². The minimum Gasteiger partial charge on any atom is -0.508 e. The van der Waals surface area contributed by atoms with Crippen molar-refractivity contribution in [1.29, 1.82) is 0 Å². The van der Waals surface area contributed by atoms with Crippen LogP contribution in [0, 0.1) is 6.92 Å². The van der Waals surface area contributed by atoms with Crippen molar-refractivity contribution >= 4 is 0 Å². The van der Waals surface area contributed by atoms with E-state index in [1.54, 1.807) is 0 Å². The quantitative estimate of drug-likeness (QED) is 0.805. The van der Waals surface area contributed by atoms with Crippen LogP contribution in [0.1, 0.15) is 37.3 Å². The molecule has 0 aliphatic carbocycles. The van der Waals surface area contributed by atoms with E-state index in [-0.39, 0.29) is 0 Å². The lowest BCUT2D eigenvalue weighted by Crippen LogP contribution is -2.22. The lowest BCUT2D eigenvalue weighted by Gasteiger charge is -2.26. The van der Waals surface area contributed by atoms with E-state index in [0.29, 0.717) is 11.9 Å². The SMILES string of the molecule is CCCC1CCc2cc(O)c(C)cc2O1. The number of aromatic hydroxyl groups is 1. The molecule has 82 valence electrons. The molecule has 0 bridgehead atoms. The summed E-state index contributed by atoms with van der Waals surface area (Å²) >= 11 is 0. The molecule has 2 heteroatoms. The van der Waals surface area contributed by atoms with Crippen LogP contribution in [0.15, 0.2) is 12.1 Å². The van der Waals surface area contributed by atoms with E-state index >= 15 is 0 Å². The fourth-order valence-corrected chi connectivity index (χ4v) is 2.10. The molecule has 0 radical (unpaired) electrons. The first-order valence-electron chi connectivity index (χ1n) is 5.70. The number of ether oxygens (including phenoxy) is 1. The highest BCUT2D eigenvalue weighted by Crippen LogP contribution is 2.33. The molecule has 1 aliphatic rings. The monoisotopic (exact) mass is 206 g/mol. The van der Waals surface area contributed by atoms with Crippen molar-refractivity contribution in [2.75, 3.05) is 0 Å². The Morgan fingerprint density at radius 1 is 1.47 bits per heavy atom. The van der Waals surface area contributed by atoms with Gasteiger partial charge in [0.25, 0.3) is 0 Å². The maximum Gasteiger partial charge on any atom is 0.123 e. The fraction of sp³-hybridized carbons (Fsp3) is 0.538.